The predicted octanol–water partition coefficient (Wildman–Crippen LogP) is 3.95. The SMILES string of the molecule is CCCCNC(=O)C(CCC)CCc1ccccc1. The van der Waals surface area contributed by atoms with Gasteiger partial charge in [0.25, 0.3) is 0 Å². The molecule has 0 fully saturated rings. The van der Waals surface area contributed by atoms with E-state index in [9.17, 15) is 4.79 Å². The molecule has 0 saturated heterocycles. The lowest BCUT2D eigenvalue weighted by Crippen LogP contribution is -2.31. The van der Waals surface area contributed by atoms with Crippen LogP contribution in [0.1, 0.15) is 51.5 Å². The van der Waals surface area contributed by atoms with Gasteiger partial charge >= 0.3 is 0 Å². The third kappa shape index (κ3) is 6.42. The van der Waals surface area contributed by atoms with Crippen LogP contribution in [0.3, 0.4) is 0 Å². The zero-order valence-corrected chi connectivity index (χ0v) is 12.3. The van der Waals surface area contributed by atoms with Crippen molar-refractivity contribution < 1.29 is 4.79 Å². The number of rotatable bonds is 9. The number of carbonyl (C=O) groups is 1. The van der Waals surface area contributed by atoms with Crippen molar-refractivity contribution in [2.45, 2.75) is 52.4 Å². The number of unbranched alkanes of at least 4 members (excludes halogenated alkanes) is 1. The average Bonchev–Trinajstić information content (AvgIpc) is 2.44. The third-order valence-electron chi connectivity index (χ3n) is 3.46. The molecule has 0 spiro atoms. The summed E-state index contributed by atoms with van der Waals surface area (Å²) in [7, 11) is 0. The van der Waals surface area contributed by atoms with Crippen LogP contribution in [0.2, 0.25) is 0 Å². The summed E-state index contributed by atoms with van der Waals surface area (Å²) >= 11 is 0. The van der Waals surface area contributed by atoms with Gasteiger partial charge in [-0.25, -0.2) is 0 Å². The third-order valence-corrected chi connectivity index (χ3v) is 3.46. The highest BCUT2D eigenvalue weighted by atomic mass is 16.1. The molecule has 0 aromatic heterocycles. The Bertz CT molecular complexity index is 348. The molecule has 0 saturated carbocycles. The van der Waals surface area contributed by atoms with Gasteiger partial charge in [0.05, 0.1) is 0 Å². The maximum atomic E-state index is 12.1. The molecule has 1 unspecified atom stereocenters. The number of carbonyl (C=O) groups excluding carboxylic acids is 1. The summed E-state index contributed by atoms with van der Waals surface area (Å²) in [6.07, 6.45) is 6.21. The fourth-order valence-corrected chi connectivity index (χ4v) is 2.27. The van der Waals surface area contributed by atoms with Crippen LogP contribution in [0.5, 0.6) is 0 Å². The molecule has 0 heterocycles. The molecule has 1 N–H and O–H groups in total. The molecule has 1 aromatic carbocycles. The predicted molar refractivity (Wildman–Crippen MR) is 81.1 cm³/mol. The smallest absolute Gasteiger partial charge is 0.223 e. The van der Waals surface area contributed by atoms with Crippen molar-refractivity contribution in [3.8, 4) is 0 Å². The Morgan fingerprint density at radius 2 is 1.84 bits per heavy atom. The minimum absolute atomic E-state index is 0.169. The van der Waals surface area contributed by atoms with Crippen LogP contribution in [0.4, 0.5) is 0 Å². The van der Waals surface area contributed by atoms with E-state index in [1.165, 1.54) is 5.56 Å². The Kier molecular flexibility index (Phi) is 7.95. The molecular weight excluding hydrogens is 234 g/mol. The molecular formula is C17H27NO. The largest absolute Gasteiger partial charge is 0.356 e. The fourth-order valence-electron chi connectivity index (χ4n) is 2.27. The van der Waals surface area contributed by atoms with E-state index in [4.69, 9.17) is 0 Å². The molecule has 1 aromatic rings. The van der Waals surface area contributed by atoms with Crippen LogP contribution in [0.15, 0.2) is 30.3 Å². The zero-order chi connectivity index (χ0) is 13.9. The van der Waals surface area contributed by atoms with Crippen molar-refractivity contribution in [3.05, 3.63) is 35.9 Å². The summed E-state index contributed by atoms with van der Waals surface area (Å²) < 4.78 is 0. The van der Waals surface area contributed by atoms with Crippen molar-refractivity contribution in [3.63, 3.8) is 0 Å². The first kappa shape index (κ1) is 15.7. The minimum atomic E-state index is 0.169. The molecule has 0 bridgehead atoms. The Labute approximate surface area is 117 Å². The number of nitrogens with one attached hydrogen (secondary N) is 1. The number of hydrogen-bond donors (Lipinski definition) is 1. The molecule has 2 heteroatoms. The summed E-state index contributed by atoms with van der Waals surface area (Å²) in [6, 6.07) is 10.4. The fraction of sp³-hybridized carbons (Fsp3) is 0.588. The highest BCUT2D eigenvalue weighted by molar-refractivity contribution is 5.78. The van der Waals surface area contributed by atoms with Crippen molar-refractivity contribution in [1.82, 2.24) is 5.32 Å². The van der Waals surface area contributed by atoms with Gasteiger partial charge in [-0.1, -0.05) is 57.0 Å². The summed E-state index contributed by atoms with van der Waals surface area (Å²) in [4.78, 5) is 12.1. The Morgan fingerprint density at radius 1 is 1.11 bits per heavy atom. The van der Waals surface area contributed by atoms with Crippen molar-refractivity contribution >= 4 is 5.91 Å². The van der Waals surface area contributed by atoms with Crippen LogP contribution < -0.4 is 5.32 Å². The van der Waals surface area contributed by atoms with Crippen LogP contribution in [0, 0.1) is 5.92 Å². The molecule has 1 amide bonds. The van der Waals surface area contributed by atoms with Crippen molar-refractivity contribution in [2.75, 3.05) is 6.54 Å². The van der Waals surface area contributed by atoms with E-state index in [0.717, 1.165) is 45.1 Å². The van der Waals surface area contributed by atoms with Crippen LogP contribution in [0.25, 0.3) is 0 Å². The second-order valence-electron chi connectivity index (χ2n) is 5.15. The normalized spacial score (nSPS) is 12.1. The first-order chi connectivity index (χ1) is 9.27. The number of benzene rings is 1. The molecule has 0 aliphatic carbocycles. The van der Waals surface area contributed by atoms with E-state index in [0.29, 0.717) is 0 Å². The van der Waals surface area contributed by atoms with E-state index in [-0.39, 0.29) is 11.8 Å². The monoisotopic (exact) mass is 261 g/mol. The van der Waals surface area contributed by atoms with Gasteiger partial charge in [0, 0.05) is 12.5 Å². The van der Waals surface area contributed by atoms with Gasteiger partial charge in [0.15, 0.2) is 0 Å². The number of amides is 1. The van der Waals surface area contributed by atoms with E-state index in [1.807, 2.05) is 6.07 Å². The topological polar surface area (TPSA) is 29.1 Å². The summed E-state index contributed by atoms with van der Waals surface area (Å²) in [6.45, 7) is 5.11. The molecule has 1 rings (SSSR count). The molecule has 0 aliphatic rings. The van der Waals surface area contributed by atoms with Gasteiger partial charge in [-0.15, -0.1) is 0 Å². The molecule has 19 heavy (non-hydrogen) atoms. The Morgan fingerprint density at radius 3 is 2.47 bits per heavy atom. The first-order valence-electron chi connectivity index (χ1n) is 7.59. The lowest BCUT2D eigenvalue weighted by molar-refractivity contribution is -0.125. The maximum absolute atomic E-state index is 12.1. The van der Waals surface area contributed by atoms with E-state index in [2.05, 4.69) is 43.4 Å². The lowest BCUT2D eigenvalue weighted by Gasteiger charge is -2.16. The Balaban J connectivity index is 2.41. The highest BCUT2D eigenvalue weighted by Gasteiger charge is 2.16. The Hall–Kier alpha value is -1.31. The van der Waals surface area contributed by atoms with E-state index in [1.54, 1.807) is 0 Å². The average molecular weight is 261 g/mol. The molecule has 106 valence electrons. The van der Waals surface area contributed by atoms with Gasteiger partial charge in [-0.2, -0.15) is 0 Å². The van der Waals surface area contributed by atoms with E-state index < -0.39 is 0 Å². The second-order valence-corrected chi connectivity index (χ2v) is 5.15. The summed E-state index contributed by atoms with van der Waals surface area (Å²) in [5, 5.41) is 3.07. The lowest BCUT2D eigenvalue weighted by atomic mass is 9.94. The molecule has 1 atom stereocenters. The summed E-state index contributed by atoms with van der Waals surface area (Å²) in [5.41, 5.74) is 1.32. The number of hydrogen-bond acceptors (Lipinski definition) is 1. The van der Waals surface area contributed by atoms with E-state index >= 15 is 0 Å². The van der Waals surface area contributed by atoms with Crippen molar-refractivity contribution in [1.29, 1.82) is 0 Å². The number of aryl methyl sites for hydroxylation is 1. The van der Waals surface area contributed by atoms with Gasteiger partial charge in [-0.05, 0) is 31.2 Å². The second kappa shape index (κ2) is 9.60. The van der Waals surface area contributed by atoms with Gasteiger partial charge in [-0.3, -0.25) is 4.79 Å². The quantitative estimate of drug-likeness (QED) is 0.670. The molecule has 0 aliphatic heterocycles. The standard InChI is InChI=1S/C17H27NO/c1-3-5-14-18-17(19)16(9-4-2)13-12-15-10-7-6-8-11-15/h6-8,10-11,16H,3-5,9,12-14H2,1-2H3,(H,18,19). The summed E-state index contributed by atoms with van der Waals surface area (Å²) in [5.74, 6) is 0.410. The maximum Gasteiger partial charge on any atom is 0.223 e. The van der Waals surface area contributed by atoms with Crippen LogP contribution >= 0.6 is 0 Å². The van der Waals surface area contributed by atoms with Gasteiger partial charge in [0.1, 0.15) is 0 Å². The van der Waals surface area contributed by atoms with Gasteiger partial charge in [0.2, 0.25) is 5.91 Å². The van der Waals surface area contributed by atoms with Gasteiger partial charge < -0.3 is 5.32 Å². The first-order valence-corrected chi connectivity index (χ1v) is 7.59. The zero-order valence-electron chi connectivity index (χ0n) is 12.3. The minimum Gasteiger partial charge on any atom is -0.356 e. The molecule has 2 nitrogen and oxygen atoms in total. The highest BCUT2D eigenvalue weighted by Crippen LogP contribution is 2.15. The molecule has 0 radical (unpaired) electrons. The van der Waals surface area contributed by atoms with Crippen molar-refractivity contribution in [2.24, 2.45) is 5.92 Å². The van der Waals surface area contributed by atoms with Crippen LogP contribution in [-0.2, 0) is 11.2 Å². The van der Waals surface area contributed by atoms with Crippen LogP contribution in [-0.4, -0.2) is 12.5 Å².